The first-order chi connectivity index (χ1) is 10.3. The first kappa shape index (κ1) is 16.7. The lowest BCUT2D eigenvalue weighted by Crippen LogP contribution is -2.35. The average molecular weight is 305 g/mol. The van der Waals surface area contributed by atoms with Gasteiger partial charge in [-0.1, -0.05) is 13.0 Å². The largest absolute Gasteiger partial charge is 0.497 e. The molecule has 1 aromatic rings. The molecule has 4 nitrogen and oxygen atoms in total. The highest BCUT2D eigenvalue weighted by Gasteiger charge is 2.31. The van der Waals surface area contributed by atoms with Crippen LogP contribution in [0.4, 0.5) is 4.79 Å². The zero-order chi connectivity index (χ0) is 16.3. The van der Waals surface area contributed by atoms with Gasteiger partial charge in [0.1, 0.15) is 11.4 Å². The fourth-order valence-corrected chi connectivity index (χ4v) is 2.92. The number of amides is 1. The van der Waals surface area contributed by atoms with E-state index in [0.717, 1.165) is 31.7 Å². The van der Waals surface area contributed by atoms with Crippen molar-refractivity contribution in [3.8, 4) is 5.75 Å². The minimum atomic E-state index is -0.441. The van der Waals surface area contributed by atoms with Crippen molar-refractivity contribution >= 4 is 6.09 Å². The summed E-state index contributed by atoms with van der Waals surface area (Å²) >= 11 is 0. The van der Waals surface area contributed by atoms with Crippen LogP contribution in [0.2, 0.25) is 0 Å². The maximum absolute atomic E-state index is 12.2. The van der Waals surface area contributed by atoms with E-state index in [1.54, 1.807) is 7.11 Å². The van der Waals surface area contributed by atoms with Crippen LogP contribution >= 0.6 is 0 Å². The summed E-state index contributed by atoms with van der Waals surface area (Å²) in [4.78, 5) is 14.0. The molecule has 4 heteroatoms. The van der Waals surface area contributed by atoms with E-state index in [-0.39, 0.29) is 6.09 Å². The minimum absolute atomic E-state index is 0.207. The number of carbonyl (C=O) groups is 1. The fourth-order valence-electron chi connectivity index (χ4n) is 2.92. The molecule has 1 aromatic carbocycles. The Morgan fingerprint density at radius 3 is 2.68 bits per heavy atom. The number of likely N-dealkylation sites (tertiary alicyclic amines) is 1. The average Bonchev–Trinajstić information content (AvgIpc) is 2.94. The molecule has 0 bridgehead atoms. The van der Waals surface area contributed by atoms with Crippen LogP contribution in [-0.4, -0.2) is 36.8 Å². The predicted molar refractivity (Wildman–Crippen MR) is 87.5 cm³/mol. The van der Waals surface area contributed by atoms with E-state index in [9.17, 15) is 4.79 Å². The van der Waals surface area contributed by atoms with Crippen molar-refractivity contribution in [2.75, 3.05) is 20.2 Å². The van der Waals surface area contributed by atoms with E-state index < -0.39 is 5.60 Å². The second-order valence-corrected chi connectivity index (χ2v) is 6.83. The highest BCUT2D eigenvalue weighted by Crippen LogP contribution is 2.32. The molecule has 1 fully saturated rings. The van der Waals surface area contributed by atoms with Gasteiger partial charge in [-0.2, -0.15) is 0 Å². The van der Waals surface area contributed by atoms with Gasteiger partial charge in [0.25, 0.3) is 0 Å². The summed E-state index contributed by atoms with van der Waals surface area (Å²) in [5.41, 5.74) is 2.19. The summed E-state index contributed by atoms with van der Waals surface area (Å²) in [5.74, 6) is 1.27. The van der Waals surface area contributed by atoms with E-state index in [2.05, 4.69) is 19.1 Å². The minimum Gasteiger partial charge on any atom is -0.497 e. The monoisotopic (exact) mass is 305 g/mol. The predicted octanol–water partition coefficient (Wildman–Crippen LogP) is 3.98. The summed E-state index contributed by atoms with van der Waals surface area (Å²) in [5, 5.41) is 0. The second-order valence-electron chi connectivity index (χ2n) is 6.83. The van der Waals surface area contributed by atoms with E-state index in [1.807, 2.05) is 31.7 Å². The van der Waals surface area contributed by atoms with E-state index >= 15 is 0 Å². The number of aryl methyl sites for hydroxylation is 1. The van der Waals surface area contributed by atoms with Crippen molar-refractivity contribution in [1.29, 1.82) is 0 Å². The third-order valence-corrected chi connectivity index (χ3v) is 4.01. The lowest BCUT2D eigenvalue weighted by Gasteiger charge is -2.24. The van der Waals surface area contributed by atoms with E-state index in [1.165, 1.54) is 11.1 Å². The van der Waals surface area contributed by atoms with Crippen LogP contribution in [0.1, 0.15) is 51.2 Å². The highest BCUT2D eigenvalue weighted by molar-refractivity contribution is 5.68. The molecular weight excluding hydrogens is 278 g/mol. The van der Waals surface area contributed by atoms with E-state index in [4.69, 9.17) is 9.47 Å². The van der Waals surface area contributed by atoms with Gasteiger partial charge in [-0.05, 0) is 56.9 Å². The molecular formula is C18H27NO3. The molecule has 0 saturated carbocycles. The molecule has 0 aromatic heterocycles. The topological polar surface area (TPSA) is 38.8 Å². The van der Waals surface area contributed by atoms with Crippen molar-refractivity contribution in [2.45, 2.75) is 52.1 Å². The van der Waals surface area contributed by atoms with E-state index in [0.29, 0.717) is 5.92 Å². The molecule has 1 amide bonds. The third kappa shape index (κ3) is 3.93. The molecule has 1 unspecified atom stereocenters. The van der Waals surface area contributed by atoms with Gasteiger partial charge in [0, 0.05) is 19.0 Å². The Balaban J connectivity index is 2.08. The number of methoxy groups -OCH3 is 1. The van der Waals surface area contributed by atoms with Crippen LogP contribution in [0.3, 0.4) is 0 Å². The molecule has 0 aliphatic carbocycles. The highest BCUT2D eigenvalue weighted by atomic mass is 16.6. The Labute approximate surface area is 133 Å². The molecule has 0 radical (unpaired) electrons. The maximum Gasteiger partial charge on any atom is 0.410 e. The van der Waals surface area contributed by atoms with Crippen LogP contribution < -0.4 is 4.74 Å². The molecule has 0 N–H and O–H groups in total. The summed E-state index contributed by atoms with van der Waals surface area (Å²) in [7, 11) is 1.69. The summed E-state index contributed by atoms with van der Waals surface area (Å²) < 4.78 is 10.8. The van der Waals surface area contributed by atoms with Gasteiger partial charge in [0.15, 0.2) is 0 Å². The molecule has 1 aliphatic heterocycles. The standard InChI is InChI=1S/C18H27NO3/c1-6-13-11-15(21-5)7-8-16(13)14-9-10-19(12-14)17(20)22-18(2,3)4/h7-8,11,14H,6,9-10,12H2,1-5H3. The molecule has 22 heavy (non-hydrogen) atoms. The smallest absolute Gasteiger partial charge is 0.410 e. The number of ether oxygens (including phenoxy) is 2. The van der Waals surface area contributed by atoms with Crippen molar-refractivity contribution in [3.63, 3.8) is 0 Å². The van der Waals surface area contributed by atoms with Crippen molar-refractivity contribution < 1.29 is 14.3 Å². The number of hydrogen-bond acceptors (Lipinski definition) is 3. The van der Waals surface area contributed by atoms with Crippen molar-refractivity contribution in [3.05, 3.63) is 29.3 Å². The lowest BCUT2D eigenvalue weighted by atomic mass is 9.92. The summed E-state index contributed by atoms with van der Waals surface area (Å²) in [6.45, 7) is 9.34. The van der Waals surface area contributed by atoms with Crippen molar-refractivity contribution in [1.82, 2.24) is 4.90 Å². The summed E-state index contributed by atoms with van der Waals surface area (Å²) in [6.07, 6.45) is 1.75. The van der Waals surface area contributed by atoms with Crippen LogP contribution in [0.5, 0.6) is 5.75 Å². The first-order valence-electron chi connectivity index (χ1n) is 7.98. The fraction of sp³-hybridized carbons (Fsp3) is 0.611. The van der Waals surface area contributed by atoms with Crippen LogP contribution in [0.15, 0.2) is 18.2 Å². The van der Waals surface area contributed by atoms with Gasteiger partial charge >= 0.3 is 6.09 Å². The number of benzene rings is 1. The molecule has 1 atom stereocenters. The Bertz CT molecular complexity index is 534. The van der Waals surface area contributed by atoms with Gasteiger partial charge in [-0.3, -0.25) is 0 Å². The second kappa shape index (κ2) is 6.59. The van der Waals surface area contributed by atoms with Gasteiger partial charge in [-0.15, -0.1) is 0 Å². The van der Waals surface area contributed by atoms with Crippen LogP contribution in [0.25, 0.3) is 0 Å². The van der Waals surface area contributed by atoms with Gasteiger partial charge in [-0.25, -0.2) is 4.79 Å². The molecule has 122 valence electrons. The Morgan fingerprint density at radius 2 is 2.09 bits per heavy atom. The number of nitrogens with zero attached hydrogens (tertiary/aromatic N) is 1. The lowest BCUT2D eigenvalue weighted by molar-refractivity contribution is 0.0292. The zero-order valence-electron chi connectivity index (χ0n) is 14.3. The molecule has 1 saturated heterocycles. The number of carbonyl (C=O) groups excluding carboxylic acids is 1. The normalized spacial score (nSPS) is 18.4. The Morgan fingerprint density at radius 1 is 1.36 bits per heavy atom. The van der Waals surface area contributed by atoms with Gasteiger partial charge in [0.05, 0.1) is 7.11 Å². The van der Waals surface area contributed by atoms with Gasteiger partial charge < -0.3 is 14.4 Å². The number of hydrogen-bond donors (Lipinski definition) is 0. The summed E-state index contributed by atoms with van der Waals surface area (Å²) in [6, 6.07) is 6.25. The van der Waals surface area contributed by atoms with Crippen molar-refractivity contribution in [2.24, 2.45) is 0 Å². The first-order valence-corrected chi connectivity index (χ1v) is 7.98. The van der Waals surface area contributed by atoms with Crippen LogP contribution in [-0.2, 0) is 11.2 Å². The SMILES string of the molecule is CCc1cc(OC)ccc1C1CCN(C(=O)OC(C)(C)C)C1. The Kier molecular flexibility index (Phi) is 4.99. The van der Waals surface area contributed by atoms with Gasteiger partial charge in [0.2, 0.25) is 0 Å². The molecule has 1 aliphatic rings. The van der Waals surface area contributed by atoms with Crippen LogP contribution in [0, 0.1) is 0 Å². The quantitative estimate of drug-likeness (QED) is 0.848. The number of rotatable bonds is 3. The molecule has 1 heterocycles. The Hall–Kier alpha value is -1.71. The molecule has 2 rings (SSSR count). The maximum atomic E-state index is 12.2. The molecule has 0 spiro atoms. The zero-order valence-corrected chi connectivity index (χ0v) is 14.3. The third-order valence-electron chi connectivity index (χ3n) is 4.01.